The first-order chi connectivity index (χ1) is 11.8. The summed E-state index contributed by atoms with van der Waals surface area (Å²) in [5.74, 6) is -0.275. The van der Waals surface area contributed by atoms with Gasteiger partial charge in [-0.05, 0) is 30.2 Å². The van der Waals surface area contributed by atoms with Crippen molar-refractivity contribution < 1.29 is 17.9 Å². The summed E-state index contributed by atoms with van der Waals surface area (Å²) in [4.78, 5) is 4.54. The van der Waals surface area contributed by atoms with Gasteiger partial charge >= 0.3 is 6.36 Å². The number of aromatic nitrogens is 4. The lowest BCUT2D eigenvalue weighted by Gasteiger charge is -2.21. The highest BCUT2D eigenvalue weighted by Gasteiger charge is 2.32. The van der Waals surface area contributed by atoms with Gasteiger partial charge in [-0.25, -0.2) is 4.68 Å². The average Bonchev–Trinajstić information content (AvgIpc) is 3.03. The van der Waals surface area contributed by atoms with Gasteiger partial charge in [-0.3, -0.25) is 4.98 Å². The Morgan fingerprint density at radius 2 is 1.92 bits per heavy atom. The Morgan fingerprint density at radius 1 is 1.16 bits per heavy atom. The van der Waals surface area contributed by atoms with Crippen LogP contribution in [0.1, 0.15) is 25.6 Å². The fourth-order valence-corrected chi connectivity index (χ4v) is 2.94. The second-order valence-corrected chi connectivity index (χ2v) is 6.18. The molecule has 132 valence electrons. The van der Waals surface area contributed by atoms with Gasteiger partial charge in [0.15, 0.2) is 0 Å². The second kappa shape index (κ2) is 6.51. The molecule has 1 atom stereocenters. The third kappa shape index (κ3) is 3.68. The highest BCUT2D eigenvalue weighted by atomic mass is 35.5. The minimum absolute atomic E-state index is 0.129. The summed E-state index contributed by atoms with van der Waals surface area (Å²) in [6.45, 7) is 4.04. The summed E-state index contributed by atoms with van der Waals surface area (Å²) in [5.41, 5.74) is 1.19. The highest BCUT2D eigenvalue weighted by Crippen LogP contribution is 2.36. The van der Waals surface area contributed by atoms with Crippen LogP contribution in [0.4, 0.5) is 13.2 Å². The molecule has 3 rings (SSSR count). The van der Waals surface area contributed by atoms with E-state index < -0.39 is 12.1 Å². The number of rotatable bonds is 4. The number of hydrogen-bond donors (Lipinski definition) is 0. The Bertz CT molecular complexity index is 881. The summed E-state index contributed by atoms with van der Waals surface area (Å²) >= 11 is 6.05. The zero-order valence-electron chi connectivity index (χ0n) is 13.3. The Balaban J connectivity index is 2.05. The van der Waals surface area contributed by atoms with E-state index in [0.29, 0.717) is 16.6 Å². The van der Waals surface area contributed by atoms with Crippen molar-refractivity contribution in [1.29, 1.82) is 0 Å². The van der Waals surface area contributed by atoms with Crippen molar-refractivity contribution in [2.75, 3.05) is 0 Å². The first kappa shape index (κ1) is 17.5. The maximum atomic E-state index is 12.4. The predicted octanol–water partition coefficient (Wildman–Crippen LogP) is 4.62. The predicted molar refractivity (Wildman–Crippen MR) is 86.4 cm³/mol. The molecular weight excluding hydrogens is 357 g/mol. The van der Waals surface area contributed by atoms with E-state index in [-0.39, 0.29) is 17.0 Å². The van der Waals surface area contributed by atoms with E-state index in [2.05, 4.69) is 20.0 Å². The van der Waals surface area contributed by atoms with E-state index in [1.165, 1.54) is 6.07 Å². The molecule has 9 heteroatoms. The van der Waals surface area contributed by atoms with Gasteiger partial charge in [-0.15, -0.1) is 18.3 Å². The van der Waals surface area contributed by atoms with Gasteiger partial charge in [-0.1, -0.05) is 30.7 Å². The smallest absolute Gasteiger partial charge is 0.404 e. The Morgan fingerprint density at radius 3 is 2.52 bits per heavy atom. The van der Waals surface area contributed by atoms with Gasteiger partial charge < -0.3 is 4.74 Å². The fraction of sp³-hybridized carbons (Fsp3) is 0.312. The maximum Gasteiger partial charge on any atom is 0.573 e. The molecule has 1 unspecified atom stereocenters. The molecule has 0 spiro atoms. The van der Waals surface area contributed by atoms with Gasteiger partial charge in [0.2, 0.25) is 0 Å². The van der Waals surface area contributed by atoms with Crippen molar-refractivity contribution in [1.82, 2.24) is 20.0 Å². The van der Waals surface area contributed by atoms with E-state index >= 15 is 0 Å². The monoisotopic (exact) mass is 370 g/mol. The van der Waals surface area contributed by atoms with Crippen LogP contribution in [0.3, 0.4) is 0 Å². The zero-order valence-corrected chi connectivity index (χ0v) is 14.1. The molecule has 0 saturated heterocycles. The van der Waals surface area contributed by atoms with Gasteiger partial charge in [-0.2, -0.15) is 0 Å². The first-order valence-corrected chi connectivity index (χ1v) is 7.85. The molecule has 0 aliphatic carbocycles. The third-order valence-corrected chi connectivity index (χ3v) is 4.07. The molecule has 2 aromatic heterocycles. The Kier molecular flexibility index (Phi) is 4.55. The molecule has 0 bridgehead atoms. The van der Waals surface area contributed by atoms with Crippen LogP contribution in [-0.2, 0) is 0 Å². The van der Waals surface area contributed by atoms with Crippen molar-refractivity contribution in [3.63, 3.8) is 0 Å². The summed E-state index contributed by atoms with van der Waals surface area (Å²) in [5, 5.41) is 8.09. The molecule has 1 aromatic carbocycles. The normalized spacial score (nSPS) is 13.4. The number of hydrogen-bond acceptors (Lipinski definition) is 4. The van der Waals surface area contributed by atoms with E-state index in [0.717, 1.165) is 6.07 Å². The summed E-state index contributed by atoms with van der Waals surface area (Å²) < 4.78 is 42.9. The van der Waals surface area contributed by atoms with Crippen LogP contribution in [0.2, 0.25) is 5.02 Å². The van der Waals surface area contributed by atoms with Crippen LogP contribution >= 0.6 is 11.6 Å². The second-order valence-electron chi connectivity index (χ2n) is 5.80. The molecule has 0 aliphatic rings. The third-order valence-electron chi connectivity index (χ3n) is 3.68. The number of halogens is 4. The quantitative estimate of drug-likeness (QED) is 0.672. The van der Waals surface area contributed by atoms with Gasteiger partial charge in [0.05, 0.1) is 28.5 Å². The largest absolute Gasteiger partial charge is 0.573 e. The highest BCUT2D eigenvalue weighted by molar-refractivity contribution is 6.36. The fourth-order valence-electron chi connectivity index (χ4n) is 2.68. The van der Waals surface area contributed by atoms with Crippen molar-refractivity contribution in [3.8, 4) is 5.75 Å². The zero-order chi connectivity index (χ0) is 18.2. The summed E-state index contributed by atoms with van der Waals surface area (Å²) in [7, 11) is 0. The lowest BCUT2D eigenvalue weighted by molar-refractivity contribution is -0.274. The first-order valence-electron chi connectivity index (χ1n) is 7.47. The van der Waals surface area contributed by atoms with Crippen LogP contribution in [0.5, 0.6) is 5.75 Å². The van der Waals surface area contributed by atoms with E-state index in [4.69, 9.17) is 11.6 Å². The van der Waals surface area contributed by atoms with Crippen LogP contribution < -0.4 is 4.74 Å². The minimum Gasteiger partial charge on any atom is -0.404 e. The standard InChI is InChI=1S/C16H14ClF3N4O/c1-9(2)15(24-8-7-21-23-24)12-4-3-10-11(22-12)5-6-13(14(10)17)25-16(18,19)20/h3-9,15H,1-2H3. The Labute approximate surface area is 146 Å². The van der Waals surface area contributed by atoms with Crippen molar-refractivity contribution >= 4 is 22.5 Å². The number of nitrogens with zero attached hydrogens (tertiary/aromatic N) is 4. The topological polar surface area (TPSA) is 52.8 Å². The molecule has 25 heavy (non-hydrogen) atoms. The molecule has 3 aromatic rings. The molecule has 0 radical (unpaired) electrons. The lowest BCUT2D eigenvalue weighted by atomic mass is 10.00. The minimum atomic E-state index is -4.81. The van der Waals surface area contributed by atoms with Crippen molar-refractivity contribution in [3.05, 3.63) is 47.4 Å². The summed E-state index contributed by atoms with van der Waals surface area (Å²) in [6, 6.07) is 5.81. The SMILES string of the molecule is CC(C)C(c1ccc2c(Cl)c(OC(F)(F)F)ccc2n1)n1ccnn1. The molecule has 0 N–H and O–H groups in total. The lowest BCUT2D eigenvalue weighted by Crippen LogP contribution is -2.19. The van der Waals surface area contributed by atoms with Crippen LogP contribution in [0, 0.1) is 5.92 Å². The average molecular weight is 371 g/mol. The number of fused-ring (bicyclic) bond motifs is 1. The van der Waals surface area contributed by atoms with E-state index in [9.17, 15) is 13.2 Å². The van der Waals surface area contributed by atoms with Crippen LogP contribution in [0.15, 0.2) is 36.7 Å². The van der Waals surface area contributed by atoms with Gasteiger partial charge in [0.25, 0.3) is 0 Å². The molecule has 0 fully saturated rings. The van der Waals surface area contributed by atoms with E-state index in [1.807, 2.05) is 13.8 Å². The maximum absolute atomic E-state index is 12.4. The molecule has 2 heterocycles. The molecular formula is C16H14ClF3N4O. The number of benzene rings is 1. The molecule has 0 saturated carbocycles. The molecule has 5 nitrogen and oxygen atoms in total. The van der Waals surface area contributed by atoms with Crippen LogP contribution in [-0.4, -0.2) is 26.3 Å². The molecule has 0 amide bonds. The van der Waals surface area contributed by atoms with E-state index in [1.54, 1.807) is 29.2 Å². The number of alkyl halides is 3. The van der Waals surface area contributed by atoms with Crippen LogP contribution in [0.25, 0.3) is 10.9 Å². The van der Waals surface area contributed by atoms with Gasteiger partial charge in [0.1, 0.15) is 5.75 Å². The van der Waals surface area contributed by atoms with Gasteiger partial charge in [0, 0.05) is 11.6 Å². The number of pyridine rings is 1. The summed E-state index contributed by atoms with van der Waals surface area (Å²) in [6.07, 6.45) is -1.49. The van der Waals surface area contributed by atoms with Crippen molar-refractivity contribution in [2.45, 2.75) is 26.3 Å². The Hall–Kier alpha value is -2.35. The number of ether oxygens (including phenoxy) is 1. The molecule has 0 aliphatic heterocycles. The van der Waals surface area contributed by atoms with Crippen molar-refractivity contribution in [2.24, 2.45) is 5.92 Å².